The van der Waals surface area contributed by atoms with Crippen LogP contribution in [0.3, 0.4) is 0 Å². The van der Waals surface area contributed by atoms with E-state index in [1.54, 1.807) is 6.20 Å². The van der Waals surface area contributed by atoms with E-state index >= 15 is 0 Å². The lowest BCUT2D eigenvalue weighted by Crippen LogP contribution is -2.13. The van der Waals surface area contributed by atoms with E-state index in [1.165, 1.54) is 5.56 Å². The molecule has 1 aromatic heterocycles. The highest BCUT2D eigenvalue weighted by Gasteiger charge is 2.13. The minimum Gasteiger partial charge on any atom is -0.379 e. The van der Waals surface area contributed by atoms with Crippen LogP contribution >= 0.6 is 0 Å². The van der Waals surface area contributed by atoms with Gasteiger partial charge in [0.05, 0.1) is 11.4 Å². The van der Waals surface area contributed by atoms with Crippen LogP contribution in [-0.2, 0) is 6.54 Å². The van der Waals surface area contributed by atoms with Gasteiger partial charge in [-0.05, 0) is 26.0 Å². The molecule has 0 bridgehead atoms. The minimum absolute atomic E-state index is 0.789. The Labute approximate surface area is 116 Å². The number of hydrogen-bond donors (Lipinski definition) is 2. The maximum absolute atomic E-state index is 4.35. The second kappa shape index (κ2) is 8.14. The predicted molar refractivity (Wildman–Crippen MR) is 82.7 cm³/mol. The minimum atomic E-state index is 0.789. The first-order valence-corrected chi connectivity index (χ1v) is 6.79. The number of pyridine rings is 1. The van der Waals surface area contributed by atoms with Crippen LogP contribution < -0.4 is 10.6 Å². The van der Waals surface area contributed by atoms with Crippen molar-refractivity contribution >= 4 is 5.82 Å². The number of aromatic nitrogens is 1. The first kappa shape index (κ1) is 15.0. The fourth-order valence-electron chi connectivity index (χ4n) is 1.74. The van der Waals surface area contributed by atoms with E-state index in [0.29, 0.717) is 0 Å². The van der Waals surface area contributed by atoms with E-state index in [2.05, 4.69) is 27.8 Å². The number of nitrogens with one attached hydrogen (secondary N) is 2. The number of fused-ring (bicyclic) bond motifs is 1. The Morgan fingerprint density at radius 2 is 2.00 bits per heavy atom. The maximum Gasteiger partial charge on any atom is 0.135 e. The number of hydrogen-bond acceptors (Lipinski definition) is 3. The summed E-state index contributed by atoms with van der Waals surface area (Å²) in [7, 11) is 0. The first-order valence-electron chi connectivity index (χ1n) is 6.79. The third-order valence-electron chi connectivity index (χ3n) is 2.65. The predicted octanol–water partition coefficient (Wildman–Crippen LogP) is 3.99. The van der Waals surface area contributed by atoms with E-state index < -0.39 is 0 Å². The van der Waals surface area contributed by atoms with Gasteiger partial charge in [0.1, 0.15) is 5.82 Å². The highest BCUT2D eigenvalue weighted by atomic mass is 15.1. The summed E-state index contributed by atoms with van der Waals surface area (Å²) in [5.74, 6) is 0.928. The number of rotatable bonds is 1. The average molecular weight is 257 g/mol. The third-order valence-corrected chi connectivity index (χ3v) is 2.65. The molecule has 3 nitrogen and oxygen atoms in total. The van der Waals surface area contributed by atoms with Gasteiger partial charge in [-0.25, -0.2) is 4.98 Å². The Hall–Kier alpha value is -2.03. The molecular weight excluding hydrogens is 234 g/mol. The van der Waals surface area contributed by atoms with Gasteiger partial charge in [-0.15, -0.1) is 0 Å². The summed E-state index contributed by atoms with van der Waals surface area (Å²) in [6, 6.07) is 4.03. The molecule has 19 heavy (non-hydrogen) atoms. The van der Waals surface area contributed by atoms with E-state index in [4.69, 9.17) is 0 Å². The molecule has 0 saturated carbocycles. The zero-order valence-corrected chi connectivity index (χ0v) is 12.2. The summed E-state index contributed by atoms with van der Waals surface area (Å²) in [5.41, 5.74) is 3.32. The van der Waals surface area contributed by atoms with Crippen molar-refractivity contribution in [1.29, 1.82) is 0 Å². The van der Waals surface area contributed by atoms with E-state index in [-0.39, 0.29) is 0 Å². The molecule has 0 amide bonds. The van der Waals surface area contributed by atoms with Crippen LogP contribution in [0.15, 0.2) is 54.0 Å². The molecule has 3 heteroatoms. The van der Waals surface area contributed by atoms with Crippen LogP contribution in [0.4, 0.5) is 5.82 Å². The largest absolute Gasteiger partial charge is 0.379 e. The molecule has 0 aromatic carbocycles. The van der Waals surface area contributed by atoms with Crippen LogP contribution in [0.25, 0.3) is 0 Å². The van der Waals surface area contributed by atoms with Crippen molar-refractivity contribution < 1.29 is 0 Å². The molecule has 0 saturated heterocycles. The van der Waals surface area contributed by atoms with Crippen molar-refractivity contribution in [2.75, 3.05) is 5.32 Å². The molecule has 2 heterocycles. The molecule has 0 spiro atoms. The quantitative estimate of drug-likeness (QED) is 0.799. The highest BCUT2D eigenvalue weighted by Crippen LogP contribution is 2.21. The fourth-order valence-corrected chi connectivity index (χ4v) is 1.74. The van der Waals surface area contributed by atoms with Crippen LogP contribution in [0, 0.1) is 0 Å². The van der Waals surface area contributed by atoms with Crippen molar-refractivity contribution in [3.8, 4) is 0 Å². The molecule has 1 aliphatic heterocycles. The smallest absolute Gasteiger partial charge is 0.135 e. The van der Waals surface area contributed by atoms with Gasteiger partial charge < -0.3 is 10.6 Å². The summed E-state index contributed by atoms with van der Waals surface area (Å²) in [6.07, 6.45) is 9.95. The van der Waals surface area contributed by atoms with Gasteiger partial charge >= 0.3 is 0 Å². The Morgan fingerprint density at radius 1 is 1.21 bits per heavy atom. The molecule has 0 aliphatic carbocycles. The van der Waals surface area contributed by atoms with Gasteiger partial charge in [0, 0.05) is 18.3 Å². The molecule has 2 rings (SSSR count). The molecule has 1 aromatic rings. The molecule has 2 N–H and O–H groups in total. The van der Waals surface area contributed by atoms with E-state index in [9.17, 15) is 0 Å². The summed E-state index contributed by atoms with van der Waals surface area (Å²) < 4.78 is 0. The van der Waals surface area contributed by atoms with E-state index in [1.807, 2.05) is 52.0 Å². The number of anilines is 1. The molecule has 1 aliphatic rings. The van der Waals surface area contributed by atoms with Crippen LogP contribution in [0.1, 0.15) is 33.3 Å². The first-order chi connectivity index (χ1) is 9.35. The molecular formula is C16H23N3. The van der Waals surface area contributed by atoms with Gasteiger partial charge in [0.15, 0.2) is 0 Å². The average Bonchev–Trinajstić information content (AvgIpc) is 2.66. The monoisotopic (exact) mass is 257 g/mol. The van der Waals surface area contributed by atoms with Crippen molar-refractivity contribution in [2.24, 2.45) is 0 Å². The molecule has 0 atom stereocenters. The van der Waals surface area contributed by atoms with Gasteiger partial charge in [0.25, 0.3) is 0 Å². The van der Waals surface area contributed by atoms with Crippen molar-refractivity contribution in [3.05, 3.63) is 59.6 Å². The lowest BCUT2D eigenvalue weighted by molar-refractivity contribution is 0.834. The van der Waals surface area contributed by atoms with Crippen LogP contribution in [-0.4, -0.2) is 4.98 Å². The Morgan fingerprint density at radius 3 is 2.68 bits per heavy atom. The maximum atomic E-state index is 4.35. The zero-order chi connectivity index (χ0) is 14.1. The van der Waals surface area contributed by atoms with Gasteiger partial charge in [-0.1, -0.05) is 38.1 Å². The fraction of sp³-hybridized carbons (Fsp3) is 0.312. The Bertz CT molecular complexity index is 485. The van der Waals surface area contributed by atoms with Crippen molar-refractivity contribution in [1.82, 2.24) is 10.3 Å². The summed E-state index contributed by atoms with van der Waals surface area (Å²) in [6.45, 7) is 8.81. The molecule has 0 radical (unpaired) electrons. The third kappa shape index (κ3) is 3.98. The number of nitrogens with zero attached hydrogens (tertiary/aromatic N) is 1. The summed E-state index contributed by atoms with van der Waals surface area (Å²) >= 11 is 0. The molecule has 0 fully saturated rings. The lowest BCUT2D eigenvalue weighted by atomic mass is 10.2. The van der Waals surface area contributed by atoms with Crippen LogP contribution in [0.2, 0.25) is 0 Å². The SMILES string of the molecule is CC.C\C=C/C=C1/NCc2cccnc2N/C1=C/C. The van der Waals surface area contributed by atoms with Crippen LogP contribution in [0.5, 0.6) is 0 Å². The zero-order valence-electron chi connectivity index (χ0n) is 12.2. The lowest BCUT2D eigenvalue weighted by Gasteiger charge is -2.09. The standard InChI is InChI=1S/C14H17N3.C2H6/c1-3-5-8-13-12(4-2)17-14-11(10-16-13)7-6-9-15-14;1-2/h3-9,16H,10H2,1-2H3,(H,15,17);1-2H3/b5-3-,12-4+,13-8+;. The molecule has 0 unspecified atom stereocenters. The van der Waals surface area contributed by atoms with Crippen molar-refractivity contribution in [2.45, 2.75) is 34.2 Å². The summed E-state index contributed by atoms with van der Waals surface area (Å²) in [5, 5.41) is 6.77. The Kier molecular flexibility index (Phi) is 6.44. The normalized spacial score (nSPS) is 18.1. The van der Waals surface area contributed by atoms with E-state index in [0.717, 1.165) is 23.8 Å². The topological polar surface area (TPSA) is 37.0 Å². The molecule has 102 valence electrons. The van der Waals surface area contributed by atoms with Gasteiger partial charge in [-0.3, -0.25) is 0 Å². The van der Waals surface area contributed by atoms with Crippen molar-refractivity contribution in [3.63, 3.8) is 0 Å². The Balaban J connectivity index is 0.000000861. The van der Waals surface area contributed by atoms with Gasteiger partial charge in [-0.2, -0.15) is 0 Å². The second-order valence-corrected chi connectivity index (χ2v) is 3.80. The highest BCUT2D eigenvalue weighted by molar-refractivity contribution is 5.55. The number of allylic oxidation sites excluding steroid dienone is 4. The van der Waals surface area contributed by atoms with Gasteiger partial charge in [0.2, 0.25) is 0 Å². The second-order valence-electron chi connectivity index (χ2n) is 3.80. The summed E-state index contributed by atoms with van der Waals surface area (Å²) in [4.78, 5) is 4.35.